The van der Waals surface area contributed by atoms with E-state index in [9.17, 15) is 9.59 Å². The number of halogens is 1. The quantitative estimate of drug-likeness (QED) is 0.867. The summed E-state index contributed by atoms with van der Waals surface area (Å²) in [5, 5.41) is 4.24. The van der Waals surface area contributed by atoms with Gasteiger partial charge in [0.2, 0.25) is 0 Å². The molecule has 0 unspecified atom stereocenters. The summed E-state index contributed by atoms with van der Waals surface area (Å²) >= 11 is 6.37. The molecule has 7 heteroatoms. The van der Waals surface area contributed by atoms with E-state index in [1.165, 1.54) is 0 Å². The summed E-state index contributed by atoms with van der Waals surface area (Å²) in [4.78, 5) is 26.0. The highest BCUT2D eigenvalue weighted by Gasteiger charge is 2.47. The van der Waals surface area contributed by atoms with E-state index in [1.54, 1.807) is 6.07 Å². The molecule has 0 radical (unpaired) electrons. The fourth-order valence-electron chi connectivity index (χ4n) is 3.12. The Bertz CT molecular complexity index is 837. The number of ether oxygens (including phenoxy) is 1. The van der Waals surface area contributed by atoms with Crippen molar-refractivity contribution in [3.8, 4) is 0 Å². The van der Waals surface area contributed by atoms with E-state index in [0.717, 1.165) is 5.56 Å². The second-order valence-corrected chi connectivity index (χ2v) is 6.95. The van der Waals surface area contributed by atoms with Gasteiger partial charge in [-0.3, -0.25) is 14.3 Å². The zero-order valence-corrected chi connectivity index (χ0v) is 13.2. The van der Waals surface area contributed by atoms with Gasteiger partial charge in [-0.15, -0.1) is 0 Å². The van der Waals surface area contributed by atoms with E-state index < -0.39 is 5.76 Å². The van der Waals surface area contributed by atoms with Gasteiger partial charge in [0, 0.05) is 27.8 Å². The van der Waals surface area contributed by atoms with E-state index in [4.69, 9.17) is 16.3 Å². The van der Waals surface area contributed by atoms with Crippen LogP contribution in [-0.2, 0) is 10.2 Å². The molecule has 0 amide bonds. The maximum absolute atomic E-state index is 12.6. The van der Waals surface area contributed by atoms with Gasteiger partial charge in [-0.05, 0) is 18.1 Å². The fourth-order valence-corrected chi connectivity index (χ4v) is 3.53. The summed E-state index contributed by atoms with van der Waals surface area (Å²) in [6.07, 6.45) is 0.659. The van der Waals surface area contributed by atoms with Gasteiger partial charge >= 0.3 is 5.76 Å². The molecule has 2 atom stereocenters. The number of nitrogens with one attached hydrogen (secondary N) is 1. The van der Waals surface area contributed by atoms with Crippen LogP contribution >= 0.6 is 11.6 Å². The van der Waals surface area contributed by atoms with Crippen LogP contribution in [0, 0.1) is 5.92 Å². The zero-order chi connectivity index (χ0) is 16.2. The first-order chi connectivity index (χ1) is 11.0. The Kier molecular flexibility index (Phi) is 3.21. The molecular weight excluding hydrogens is 320 g/mol. The third-order valence-electron chi connectivity index (χ3n) is 4.68. The van der Waals surface area contributed by atoms with Crippen LogP contribution in [0.2, 0.25) is 5.02 Å². The molecular formula is C16H15ClN2O4. The lowest BCUT2D eigenvalue weighted by molar-refractivity contribution is -0.0499. The first-order valence-corrected chi connectivity index (χ1v) is 7.84. The third-order valence-corrected chi connectivity index (χ3v) is 4.99. The average molecular weight is 335 g/mol. The highest BCUT2D eigenvalue weighted by Crippen LogP contribution is 2.48. The van der Waals surface area contributed by atoms with Crippen LogP contribution in [-0.4, -0.2) is 29.1 Å². The predicted octanol–water partition coefficient (Wildman–Crippen LogP) is 2.29. The molecule has 6 nitrogen and oxygen atoms in total. The summed E-state index contributed by atoms with van der Waals surface area (Å²) in [5.41, 5.74) is 1.53. The monoisotopic (exact) mass is 334 g/mol. The Morgan fingerprint density at radius 2 is 2.22 bits per heavy atom. The summed E-state index contributed by atoms with van der Waals surface area (Å²) in [6, 6.07) is 5.45. The van der Waals surface area contributed by atoms with Gasteiger partial charge in [0.25, 0.3) is 0 Å². The molecule has 1 saturated carbocycles. The van der Waals surface area contributed by atoms with Gasteiger partial charge in [0.05, 0.1) is 13.2 Å². The molecule has 1 N–H and O–H groups in total. The number of rotatable bonds is 4. The highest BCUT2D eigenvalue weighted by atomic mass is 35.5. The van der Waals surface area contributed by atoms with Crippen molar-refractivity contribution in [2.45, 2.75) is 24.7 Å². The normalized spacial score (nSPS) is 25.0. The number of nitrogens with zero attached hydrogens (tertiary/aromatic N) is 1. The molecule has 1 aliphatic carbocycles. The van der Waals surface area contributed by atoms with Gasteiger partial charge < -0.3 is 4.74 Å². The second kappa shape index (κ2) is 5.04. The van der Waals surface area contributed by atoms with Crippen molar-refractivity contribution in [3.63, 3.8) is 0 Å². The smallest absolute Gasteiger partial charge is 0.379 e. The Balaban J connectivity index is 1.54. The standard InChI is InChI=1S/C16H15ClN2O4/c1-16(6-22-7-16)11-3-2-8(4-12(11)17)13(20)9-5-10(9)14-18-15(21)23-19-14/h2-4,9-10H,5-7H2,1H3,(H,18,19,21)/t9-,10-/m0/s1. The summed E-state index contributed by atoms with van der Waals surface area (Å²) in [6.45, 7) is 3.38. The molecule has 1 saturated heterocycles. The lowest BCUT2D eigenvalue weighted by Crippen LogP contribution is -2.44. The van der Waals surface area contributed by atoms with Gasteiger partial charge in [-0.25, -0.2) is 4.79 Å². The van der Waals surface area contributed by atoms with Gasteiger partial charge in [0.1, 0.15) is 0 Å². The maximum Gasteiger partial charge on any atom is 0.438 e. The number of Topliss-reactive ketones (excluding diaryl/α,β-unsaturated/α-hetero) is 1. The highest BCUT2D eigenvalue weighted by molar-refractivity contribution is 6.32. The largest absolute Gasteiger partial charge is 0.438 e. The number of hydrogen-bond acceptors (Lipinski definition) is 5. The first-order valence-electron chi connectivity index (χ1n) is 7.46. The van der Waals surface area contributed by atoms with Gasteiger partial charge in [-0.2, -0.15) is 0 Å². The number of ketones is 1. The lowest BCUT2D eigenvalue weighted by Gasteiger charge is -2.39. The molecule has 1 aromatic carbocycles. The minimum Gasteiger partial charge on any atom is -0.379 e. The lowest BCUT2D eigenvalue weighted by atomic mass is 9.80. The summed E-state index contributed by atoms with van der Waals surface area (Å²) < 4.78 is 9.75. The van der Waals surface area contributed by atoms with E-state index >= 15 is 0 Å². The van der Waals surface area contributed by atoms with Crippen LogP contribution in [0.4, 0.5) is 0 Å². The minimum atomic E-state index is -0.596. The van der Waals surface area contributed by atoms with Crippen LogP contribution in [0.3, 0.4) is 0 Å². The number of benzene rings is 1. The molecule has 4 rings (SSSR count). The van der Waals surface area contributed by atoms with Crippen molar-refractivity contribution < 1.29 is 14.1 Å². The molecule has 0 spiro atoms. The fraction of sp³-hybridized carbons (Fsp3) is 0.438. The number of carbonyl (C=O) groups is 1. The van der Waals surface area contributed by atoms with Crippen LogP contribution in [0.1, 0.15) is 41.0 Å². The zero-order valence-electron chi connectivity index (χ0n) is 12.5. The first kappa shape index (κ1) is 14.7. The van der Waals surface area contributed by atoms with E-state index in [-0.39, 0.29) is 23.0 Å². The van der Waals surface area contributed by atoms with Crippen molar-refractivity contribution in [2.75, 3.05) is 13.2 Å². The molecule has 2 heterocycles. The minimum absolute atomic E-state index is 0.0160. The Morgan fingerprint density at radius 3 is 2.78 bits per heavy atom. The molecule has 120 valence electrons. The van der Waals surface area contributed by atoms with Crippen molar-refractivity contribution in [2.24, 2.45) is 5.92 Å². The molecule has 1 aliphatic heterocycles. The van der Waals surface area contributed by atoms with Crippen molar-refractivity contribution in [1.82, 2.24) is 10.1 Å². The van der Waals surface area contributed by atoms with Crippen molar-refractivity contribution in [3.05, 3.63) is 50.7 Å². The van der Waals surface area contributed by atoms with Crippen molar-refractivity contribution in [1.29, 1.82) is 0 Å². The van der Waals surface area contributed by atoms with Crippen LogP contribution in [0.15, 0.2) is 27.5 Å². The number of hydrogen-bond donors (Lipinski definition) is 1. The summed E-state index contributed by atoms with van der Waals surface area (Å²) in [7, 11) is 0. The number of aromatic nitrogens is 2. The van der Waals surface area contributed by atoms with Gasteiger partial charge in [-0.1, -0.05) is 35.8 Å². The maximum atomic E-state index is 12.6. The number of H-pyrrole nitrogens is 1. The van der Waals surface area contributed by atoms with Crippen LogP contribution in [0.5, 0.6) is 0 Å². The van der Waals surface area contributed by atoms with Crippen LogP contribution in [0.25, 0.3) is 0 Å². The van der Waals surface area contributed by atoms with E-state index in [0.29, 0.717) is 36.0 Å². The molecule has 1 aromatic heterocycles. The molecule has 2 aliphatic rings. The Hall–Kier alpha value is -1.92. The van der Waals surface area contributed by atoms with Crippen LogP contribution < -0.4 is 5.76 Å². The SMILES string of the molecule is CC1(c2ccc(C(=O)[C@H]3C[C@@H]3c3noc(=O)[nH]3)cc2Cl)COC1. The number of carbonyl (C=O) groups excluding carboxylic acids is 1. The van der Waals surface area contributed by atoms with E-state index in [1.807, 2.05) is 12.1 Å². The number of aromatic amines is 1. The van der Waals surface area contributed by atoms with E-state index in [2.05, 4.69) is 21.6 Å². The Labute approximate surface area is 136 Å². The summed E-state index contributed by atoms with van der Waals surface area (Å²) in [5.74, 6) is -0.399. The Morgan fingerprint density at radius 1 is 1.43 bits per heavy atom. The predicted molar refractivity (Wildman–Crippen MR) is 81.9 cm³/mol. The average Bonchev–Trinajstić information content (AvgIpc) is 3.18. The van der Waals surface area contributed by atoms with Crippen molar-refractivity contribution >= 4 is 17.4 Å². The molecule has 2 fully saturated rings. The molecule has 23 heavy (non-hydrogen) atoms. The molecule has 2 aromatic rings. The topological polar surface area (TPSA) is 85.2 Å². The molecule has 0 bridgehead atoms. The van der Waals surface area contributed by atoms with Gasteiger partial charge in [0.15, 0.2) is 11.6 Å². The second-order valence-electron chi connectivity index (χ2n) is 6.54. The third kappa shape index (κ3) is 2.42.